The van der Waals surface area contributed by atoms with E-state index in [1.807, 2.05) is 18.2 Å². The van der Waals surface area contributed by atoms with E-state index >= 15 is 0 Å². The standard InChI is InChI=1S/C18H19N3O4/c1-13(25-16-5-3-2-4-6-16)18(23)21-20-11-14-7-9-15(10-8-14)24-12-17(19)22/h2-11,13H,12H2,1H3,(H2,19,22)(H,21,23)/t13-/m1/s1. The minimum Gasteiger partial charge on any atom is -0.484 e. The molecule has 0 aliphatic heterocycles. The number of ether oxygens (including phenoxy) is 2. The molecule has 0 aliphatic rings. The highest BCUT2D eigenvalue weighted by molar-refractivity contribution is 5.84. The lowest BCUT2D eigenvalue weighted by Crippen LogP contribution is -2.33. The molecule has 2 aromatic carbocycles. The Morgan fingerprint density at radius 2 is 1.80 bits per heavy atom. The summed E-state index contributed by atoms with van der Waals surface area (Å²) in [5.74, 6) is 0.229. The highest BCUT2D eigenvalue weighted by atomic mass is 16.5. The highest BCUT2D eigenvalue weighted by Gasteiger charge is 2.13. The Morgan fingerprint density at radius 3 is 2.44 bits per heavy atom. The van der Waals surface area contributed by atoms with Gasteiger partial charge >= 0.3 is 0 Å². The number of benzene rings is 2. The van der Waals surface area contributed by atoms with Crippen LogP contribution in [0.25, 0.3) is 0 Å². The number of rotatable bonds is 8. The van der Waals surface area contributed by atoms with Gasteiger partial charge in [0.2, 0.25) is 0 Å². The Morgan fingerprint density at radius 1 is 1.12 bits per heavy atom. The van der Waals surface area contributed by atoms with Crippen LogP contribution in [0.1, 0.15) is 12.5 Å². The number of nitrogens with one attached hydrogen (secondary N) is 1. The van der Waals surface area contributed by atoms with Gasteiger partial charge in [0, 0.05) is 0 Å². The first-order valence-corrected chi connectivity index (χ1v) is 7.60. The van der Waals surface area contributed by atoms with Crippen LogP contribution in [0, 0.1) is 0 Å². The van der Waals surface area contributed by atoms with Crippen LogP contribution in [0.5, 0.6) is 11.5 Å². The molecular weight excluding hydrogens is 322 g/mol. The van der Waals surface area contributed by atoms with E-state index in [4.69, 9.17) is 15.2 Å². The van der Waals surface area contributed by atoms with Crippen molar-refractivity contribution in [1.82, 2.24) is 5.43 Å². The minimum absolute atomic E-state index is 0.178. The molecule has 2 rings (SSSR count). The molecule has 2 amide bonds. The summed E-state index contributed by atoms with van der Waals surface area (Å²) in [5.41, 5.74) is 8.17. The van der Waals surface area contributed by atoms with Crippen LogP contribution in [0.3, 0.4) is 0 Å². The second-order valence-electron chi connectivity index (χ2n) is 5.13. The highest BCUT2D eigenvalue weighted by Crippen LogP contribution is 2.11. The van der Waals surface area contributed by atoms with E-state index in [0.717, 1.165) is 5.56 Å². The number of carbonyl (C=O) groups is 2. The molecule has 0 aliphatic carbocycles. The third kappa shape index (κ3) is 6.34. The summed E-state index contributed by atoms with van der Waals surface area (Å²) >= 11 is 0. The Kier molecular flexibility index (Phi) is 6.53. The van der Waals surface area contributed by atoms with Crippen LogP contribution in [0.4, 0.5) is 0 Å². The van der Waals surface area contributed by atoms with E-state index in [1.165, 1.54) is 6.21 Å². The second kappa shape index (κ2) is 9.07. The first-order valence-electron chi connectivity index (χ1n) is 7.60. The summed E-state index contributed by atoms with van der Waals surface area (Å²) in [6.45, 7) is 1.46. The van der Waals surface area contributed by atoms with Crippen molar-refractivity contribution >= 4 is 18.0 Å². The number of nitrogens with zero attached hydrogens (tertiary/aromatic N) is 1. The van der Waals surface area contributed by atoms with E-state index in [1.54, 1.807) is 43.3 Å². The first-order chi connectivity index (χ1) is 12.0. The van der Waals surface area contributed by atoms with Crippen molar-refractivity contribution in [3.05, 3.63) is 60.2 Å². The van der Waals surface area contributed by atoms with E-state index < -0.39 is 12.0 Å². The van der Waals surface area contributed by atoms with Gasteiger partial charge < -0.3 is 15.2 Å². The van der Waals surface area contributed by atoms with Crippen molar-refractivity contribution in [1.29, 1.82) is 0 Å². The van der Waals surface area contributed by atoms with Gasteiger partial charge in [-0.05, 0) is 48.9 Å². The SMILES string of the molecule is C[C@@H](Oc1ccccc1)C(=O)NN=Cc1ccc(OCC(N)=O)cc1. The van der Waals surface area contributed by atoms with Gasteiger partial charge in [-0.25, -0.2) is 5.43 Å². The second-order valence-corrected chi connectivity index (χ2v) is 5.13. The largest absolute Gasteiger partial charge is 0.484 e. The van der Waals surface area contributed by atoms with E-state index in [2.05, 4.69) is 10.5 Å². The first kappa shape index (κ1) is 18.0. The summed E-state index contributed by atoms with van der Waals surface area (Å²) < 4.78 is 10.6. The topological polar surface area (TPSA) is 103 Å². The molecule has 25 heavy (non-hydrogen) atoms. The normalized spacial score (nSPS) is 11.7. The van der Waals surface area contributed by atoms with Crippen LogP contribution in [-0.2, 0) is 9.59 Å². The average molecular weight is 341 g/mol. The lowest BCUT2D eigenvalue weighted by molar-refractivity contribution is -0.127. The molecule has 0 bridgehead atoms. The van der Waals surface area contributed by atoms with Crippen LogP contribution >= 0.6 is 0 Å². The molecule has 0 saturated heterocycles. The van der Waals surface area contributed by atoms with Crippen molar-refractivity contribution in [3.63, 3.8) is 0 Å². The van der Waals surface area contributed by atoms with Gasteiger partial charge in [0.05, 0.1) is 6.21 Å². The van der Waals surface area contributed by atoms with Crippen LogP contribution in [0.15, 0.2) is 59.7 Å². The maximum atomic E-state index is 11.9. The van der Waals surface area contributed by atoms with Crippen LogP contribution in [-0.4, -0.2) is 30.7 Å². The summed E-state index contributed by atoms with van der Waals surface area (Å²) in [4.78, 5) is 22.6. The molecule has 3 N–H and O–H groups in total. The Labute approximate surface area is 145 Å². The number of primary amides is 1. The fourth-order valence-electron chi connectivity index (χ4n) is 1.82. The molecule has 0 aromatic heterocycles. The number of para-hydroxylation sites is 1. The Bertz CT molecular complexity index is 730. The summed E-state index contributed by atoms with van der Waals surface area (Å²) in [7, 11) is 0. The average Bonchev–Trinajstić information content (AvgIpc) is 2.61. The lowest BCUT2D eigenvalue weighted by atomic mass is 10.2. The fraction of sp³-hybridized carbons (Fsp3) is 0.167. The minimum atomic E-state index is -0.677. The van der Waals surface area contributed by atoms with E-state index in [9.17, 15) is 9.59 Å². The van der Waals surface area contributed by atoms with Crippen molar-refractivity contribution < 1.29 is 19.1 Å². The maximum absolute atomic E-state index is 11.9. The molecular formula is C18H19N3O4. The fourth-order valence-corrected chi connectivity index (χ4v) is 1.82. The number of amides is 2. The number of nitrogens with two attached hydrogens (primary N) is 1. The zero-order valence-corrected chi connectivity index (χ0v) is 13.7. The van der Waals surface area contributed by atoms with Crippen LogP contribution < -0.4 is 20.6 Å². The van der Waals surface area contributed by atoms with Crippen molar-refractivity contribution in [2.24, 2.45) is 10.8 Å². The number of hydrogen-bond acceptors (Lipinski definition) is 5. The third-order valence-corrected chi connectivity index (χ3v) is 3.07. The summed E-state index contributed by atoms with van der Waals surface area (Å²) in [6.07, 6.45) is 0.814. The number of hydrogen-bond donors (Lipinski definition) is 2. The lowest BCUT2D eigenvalue weighted by Gasteiger charge is -2.12. The summed E-state index contributed by atoms with van der Waals surface area (Å²) in [5, 5.41) is 3.89. The van der Waals surface area contributed by atoms with Crippen LogP contribution in [0.2, 0.25) is 0 Å². The molecule has 1 atom stereocenters. The number of carbonyl (C=O) groups excluding carboxylic acids is 2. The zero-order valence-electron chi connectivity index (χ0n) is 13.7. The molecule has 2 aromatic rings. The van der Waals surface area contributed by atoms with Gasteiger partial charge in [-0.15, -0.1) is 0 Å². The van der Waals surface area contributed by atoms with Gasteiger partial charge in [-0.1, -0.05) is 18.2 Å². The van der Waals surface area contributed by atoms with Gasteiger partial charge in [0.1, 0.15) is 11.5 Å². The van der Waals surface area contributed by atoms with Crippen molar-refractivity contribution in [2.75, 3.05) is 6.61 Å². The molecule has 0 spiro atoms. The predicted octanol–water partition coefficient (Wildman–Crippen LogP) is 1.47. The molecule has 0 saturated carbocycles. The molecule has 0 heterocycles. The summed E-state index contributed by atoms with van der Waals surface area (Å²) in [6, 6.07) is 15.9. The van der Waals surface area contributed by atoms with E-state index in [-0.39, 0.29) is 12.5 Å². The van der Waals surface area contributed by atoms with Gasteiger partial charge in [-0.2, -0.15) is 5.10 Å². The van der Waals surface area contributed by atoms with Gasteiger partial charge in [-0.3, -0.25) is 9.59 Å². The van der Waals surface area contributed by atoms with Crippen molar-refractivity contribution in [3.8, 4) is 11.5 Å². The van der Waals surface area contributed by atoms with E-state index in [0.29, 0.717) is 11.5 Å². The molecule has 7 nitrogen and oxygen atoms in total. The molecule has 7 heteroatoms. The third-order valence-electron chi connectivity index (χ3n) is 3.07. The zero-order chi connectivity index (χ0) is 18.1. The molecule has 0 fully saturated rings. The predicted molar refractivity (Wildman–Crippen MR) is 93.4 cm³/mol. The molecule has 0 unspecified atom stereocenters. The van der Waals surface area contributed by atoms with Gasteiger partial charge in [0.25, 0.3) is 11.8 Å². The molecule has 130 valence electrons. The Balaban J connectivity index is 1.81. The van der Waals surface area contributed by atoms with Crippen molar-refractivity contribution in [2.45, 2.75) is 13.0 Å². The Hall–Kier alpha value is -3.35. The maximum Gasteiger partial charge on any atom is 0.280 e. The number of hydrazone groups is 1. The smallest absolute Gasteiger partial charge is 0.280 e. The monoisotopic (exact) mass is 341 g/mol. The van der Waals surface area contributed by atoms with Gasteiger partial charge in [0.15, 0.2) is 12.7 Å². The quantitative estimate of drug-likeness (QED) is 0.560. The molecule has 0 radical (unpaired) electrons.